The molecule has 29 heavy (non-hydrogen) atoms. The lowest BCUT2D eigenvalue weighted by Gasteiger charge is -2.13. The van der Waals surface area contributed by atoms with E-state index in [0.29, 0.717) is 16.8 Å². The highest BCUT2D eigenvalue weighted by atomic mass is 19.4. The zero-order valence-electron chi connectivity index (χ0n) is 15.6. The molecule has 1 amide bonds. The summed E-state index contributed by atoms with van der Waals surface area (Å²) in [6.45, 7) is -1.38. The number of nitrogens with zero attached hydrogens (tertiary/aromatic N) is 2. The van der Waals surface area contributed by atoms with Crippen LogP contribution in [0.5, 0.6) is 5.75 Å². The van der Waals surface area contributed by atoms with Crippen molar-refractivity contribution in [3.63, 3.8) is 0 Å². The van der Waals surface area contributed by atoms with Gasteiger partial charge in [0.25, 0.3) is 5.91 Å². The van der Waals surface area contributed by atoms with Crippen molar-refractivity contribution in [3.05, 3.63) is 54.5 Å². The zero-order valence-corrected chi connectivity index (χ0v) is 15.6. The number of carbonyl (C=O) groups is 1. The number of halogens is 3. The molecule has 1 saturated carbocycles. The first kappa shape index (κ1) is 19.3. The minimum atomic E-state index is -4.43. The Bertz CT molecular complexity index is 1020. The van der Waals surface area contributed by atoms with Gasteiger partial charge in [-0.05, 0) is 31.0 Å². The molecule has 0 aliphatic heterocycles. The topological polar surface area (TPSA) is 55.6 Å². The van der Waals surface area contributed by atoms with Crippen LogP contribution in [0.3, 0.4) is 0 Å². The Morgan fingerprint density at radius 1 is 1.14 bits per heavy atom. The van der Waals surface area contributed by atoms with Gasteiger partial charge in [0.15, 0.2) is 6.61 Å². The number of rotatable bonds is 5. The zero-order chi connectivity index (χ0) is 20.4. The number of ether oxygens (including phenoxy) is 1. The first-order chi connectivity index (χ1) is 13.9. The molecule has 0 atom stereocenters. The van der Waals surface area contributed by atoms with Crippen LogP contribution in [0.25, 0.3) is 16.8 Å². The normalized spacial score (nSPS) is 15.0. The standard InChI is InChI=1S/C21H20F3N3O2/c22-21(23,24)13-29-18-10-4-3-8-15(18)16-9-5-11-27-12-17(26-19(16)27)20(28)25-14-6-1-2-7-14/h3-5,8-12,14H,1-2,6-7,13H2,(H,25,28). The van der Waals surface area contributed by atoms with Crippen LogP contribution in [0.1, 0.15) is 36.2 Å². The average Bonchev–Trinajstić information content (AvgIpc) is 3.35. The number of nitrogens with one attached hydrogen (secondary N) is 1. The predicted octanol–water partition coefficient (Wildman–Crippen LogP) is 4.61. The van der Waals surface area contributed by atoms with Gasteiger partial charge in [0.2, 0.25) is 0 Å². The maximum absolute atomic E-state index is 12.6. The molecule has 1 aliphatic rings. The van der Waals surface area contributed by atoms with Gasteiger partial charge in [-0.3, -0.25) is 4.79 Å². The van der Waals surface area contributed by atoms with Gasteiger partial charge in [-0.1, -0.05) is 31.0 Å². The van der Waals surface area contributed by atoms with Crippen molar-refractivity contribution in [2.45, 2.75) is 37.9 Å². The summed E-state index contributed by atoms with van der Waals surface area (Å²) in [6, 6.07) is 10.2. The molecule has 0 saturated heterocycles. The van der Waals surface area contributed by atoms with Crippen LogP contribution in [0.4, 0.5) is 13.2 Å². The molecule has 1 N–H and O–H groups in total. The molecule has 1 aliphatic carbocycles. The molecule has 0 unspecified atom stereocenters. The molecule has 1 aromatic carbocycles. The highest BCUT2D eigenvalue weighted by Crippen LogP contribution is 2.33. The predicted molar refractivity (Wildman–Crippen MR) is 102 cm³/mol. The number of fused-ring (bicyclic) bond motifs is 1. The first-order valence-electron chi connectivity index (χ1n) is 9.48. The van der Waals surface area contributed by atoms with Gasteiger partial charge in [-0.2, -0.15) is 13.2 Å². The van der Waals surface area contributed by atoms with E-state index in [9.17, 15) is 18.0 Å². The number of hydrogen-bond donors (Lipinski definition) is 1. The Morgan fingerprint density at radius 3 is 2.62 bits per heavy atom. The van der Waals surface area contributed by atoms with Crippen LogP contribution in [-0.4, -0.2) is 34.1 Å². The molecule has 2 aromatic heterocycles. The fourth-order valence-electron chi connectivity index (χ4n) is 3.64. The van der Waals surface area contributed by atoms with E-state index >= 15 is 0 Å². The summed E-state index contributed by atoms with van der Waals surface area (Å²) >= 11 is 0. The lowest BCUT2D eigenvalue weighted by Crippen LogP contribution is -2.32. The maximum atomic E-state index is 12.6. The van der Waals surface area contributed by atoms with Crippen LogP contribution in [-0.2, 0) is 0 Å². The molecular formula is C21H20F3N3O2. The Kier molecular flexibility index (Phi) is 5.17. The van der Waals surface area contributed by atoms with Crippen LogP contribution in [0, 0.1) is 0 Å². The van der Waals surface area contributed by atoms with Crippen molar-refractivity contribution in [3.8, 4) is 16.9 Å². The lowest BCUT2D eigenvalue weighted by molar-refractivity contribution is -0.153. The number of hydrogen-bond acceptors (Lipinski definition) is 3. The Labute approximate surface area is 165 Å². The highest BCUT2D eigenvalue weighted by molar-refractivity contribution is 5.94. The third-order valence-corrected chi connectivity index (χ3v) is 4.97. The monoisotopic (exact) mass is 403 g/mol. The van der Waals surface area contributed by atoms with E-state index in [2.05, 4.69) is 10.3 Å². The smallest absolute Gasteiger partial charge is 0.422 e. The van der Waals surface area contributed by atoms with Gasteiger partial charge in [0.1, 0.15) is 17.1 Å². The number of imidazole rings is 1. The van der Waals surface area contributed by atoms with E-state index in [1.54, 1.807) is 47.1 Å². The minimum absolute atomic E-state index is 0.109. The van der Waals surface area contributed by atoms with Crippen molar-refractivity contribution < 1.29 is 22.7 Å². The van der Waals surface area contributed by atoms with Crippen molar-refractivity contribution in [1.29, 1.82) is 0 Å². The van der Waals surface area contributed by atoms with E-state index in [1.165, 1.54) is 6.07 Å². The average molecular weight is 403 g/mol. The van der Waals surface area contributed by atoms with E-state index in [4.69, 9.17) is 4.74 Å². The highest BCUT2D eigenvalue weighted by Gasteiger charge is 2.29. The summed E-state index contributed by atoms with van der Waals surface area (Å²) in [7, 11) is 0. The lowest BCUT2D eigenvalue weighted by atomic mass is 10.1. The van der Waals surface area contributed by atoms with Crippen molar-refractivity contribution in [1.82, 2.24) is 14.7 Å². The molecule has 8 heteroatoms. The van der Waals surface area contributed by atoms with E-state index < -0.39 is 12.8 Å². The number of alkyl halides is 3. The summed E-state index contributed by atoms with van der Waals surface area (Å²) in [6.07, 6.45) is 3.09. The fourth-order valence-corrected chi connectivity index (χ4v) is 3.64. The molecule has 0 bridgehead atoms. The number of pyridine rings is 1. The van der Waals surface area contributed by atoms with E-state index in [-0.39, 0.29) is 23.4 Å². The molecule has 1 fully saturated rings. The van der Waals surface area contributed by atoms with Gasteiger partial charge in [0.05, 0.1) is 0 Å². The number of para-hydroxylation sites is 1. The summed E-state index contributed by atoms with van der Waals surface area (Å²) in [4.78, 5) is 17.0. The second kappa shape index (κ2) is 7.77. The molecule has 3 aromatic rings. The molecule has 4 rings (SSSR count). The summed E-state index contributed by atoms with van der Waals surface area (Å²) in [5.74, 6) is -0.133. The van der Waals surface area contributed by atoms with Crippen LogP contribution >= 0.6 is 0 Å². The minimum Gasteiger partial charge on any atom is -0.483 e. The quantitative estimate of drug-likeness (QED) is 0.677. The molecule has 2 heterocycles. The van der Waals surface area contributed by atoms with Gasteiger partial charge < -0.3 is 14.5 Å². The molecule has 0 spiro atoms. The molecular weight excluding hydrogens is 383 g/mol. The Morgan fingerprint density at radius 2 is 1.86 bits per heavy atom. The summed E-state index contributed by atoms with van der Waals surface area (Å²) in [5, 5.41) is 3.00. The van der Waals surface area contributed by atoms with Crippen molar-refractivity contribution in [2.24, 2.45) is 0 Å². The fraction of sp³-hybridized carbons (Fsp3) is 0.333. The third-order valence-electron chi connectivity index (χ3n) is 4.97. The number of carbonyl (C=O) groups excluding carboxylic acids is 1. The molecule has 5 nitrogen and oxygen atoms in total. The van der Waals surface area contributed by atoms with Gasteiger partial charge in [-0.15, -0.1) is 0 Å². The first-order valence-corrected chi connectivity index (χ1v) is 9.48. The Hall–Kier alpha value is -3.03. The van der Waals surface area contributed by atoms with Crippen LogP contribution in [0.15, 0.2) is 48.8 Å². The molecule has 0 radical (unpaired) electrons. The van der Waals surface area contributed by atoms with E-state index in [1.807, 2.05) is 0 Å². The number of benzene rings is 1. The largest absolute Gasteiger partial charge is 0.483 e. The van der Waals surface area contributed by atoms with Gasteiger partial charge >= 0.3 is 6.18 Å². The summed E-state index contributed by atoms with van der Waals surface area (Å²) < 4.78 is 44.5. The maximum Gasteiger partial charge on any atom is 0.422 e. The van der Waals surface area contributed by atoms with Crippen molar-refractivity contribution >= 4 is 11.6 Å². The van der Waals surface area contributed by atoms with Crippen LogP contribution < -0.4 is 10.1 Å². The summed E-state index contributed by atoms with van der Waals surface area (Å²) in [5.41, 5.74) is 1.83. The van der Waals surface area contributed by atoms with Crippen LogP contribution in [0.2, 0.25) is 0 Å². The number of amides is 1. The number of aromatic nitrogens is 2. The second-order valence-corrected chi connectivity index (χ2v) is 7.13. The molecule has 152 valence electrons. The van der Waals surface area contributed by atoms with Gasteiger partial charge in [-0.25, -0.2) is 4.98 Å². The van der Waals surface area contributed by atoms with Gasteiger partial charge in [0, 0.05) is 29.6 Å². The third kappa shape index (κ3) is 4.36. The Balaban J connectivity index is 1.66. The SMILES string of the molecule is O=C(NC1CCCC1)c1cn2cccc(-c3ccccc3OCC(F)(F)F)c2n1. The second-order valence-electron chi connectivity index (χ2n) is 7.13. The van der Waals surface area contributed by atoms with Crippen molar-refractivity contribution in [2.75, 3.05) is 6.61 Å². The van der Waals surface area contributed by atoms with E-state index in [0.717, 1.165) is 25.7 Å².